The Bertz CT molecular complexity index is 360. The van der Waals surface area contributed by atoms with Crippen molar-refractivity contribution in [1.29, 1.82) is 0 Å². The molecule has 18 heavy (non-hydrogen) atoms. The topological polar surface area (TPSA) is 0 Å². The van der Waals surface area contributed by atoms with E-state index in [0.29, 0.717) is 0 Å². The third-order valence-electron chi connectivity index (χ3n) is 3.10. The Morgan fingerprint density at radius 1 is 0.667 bits per heavy atom. The van der Waals surface area contributed by atoms with Gasteiger partial charge in [0.1, 0.15) is 0 Å². The number of hydrogen-bond acceptors (Lipinski definition) is 0. The SMILES string of the molecule is CC(C)[Si](Cl)(Cl)c1ccc([Si](Cl)(Cl)C(C)C)cc1. The summed E-state index contributed by atoms with van der Waals surface area (Å²) in [5.74, 6) is 0. The molecule has 0 heterocycles. The minimum absolute atomic E-state index is 0.269. The predicted octanol–water partition coefficient (Wildman–Crippen LogP) is 4.76. The van der Waals surface area contributed by atoms with Gasteiger partial charge in [-0.15, -0.1) is 44.3 Å². The van der Waals surface area contributed by atoms with Crippen molar-refractivity contribution in [2.45, 2.75) is 38.8 Å². The second kappa shape index (κ2) is 6.07. The van der Waals surface area contributed by atoms with Crippen LogP contribution in [0.1, 0.15) is 27.7 Å². The summed E-state index contributed by atoms with van der Waals surface area (Å²) in [5.41, 5.74) is 0.538. The molecule has 0 radical (unpaired) electrons. The van der Waals surface area contributed by atoms with Gasteiger partial charge in [0.15, 0.2) is 0 Å². The Labute approximate surface area is 130 Å². The minimum atomic E-state index is -2.39. The van der Waals surface area contributed by atoms with Crippen LogP contribution >= 0.6 is 44.3 Å². The van der Waals surface area contributed by atoms with Gasteiger partial charge < -0.3 is 0 Å². The van der Waals surface area contributed by atoms with Crippen molar-refractivity contribution in [2.24, 2.45) is 0 Å². The van der Waals surface area contributed by atoms with Crippen LogP contribution in [0, 0.1) is 0 Å². The van der Waals surface area contributed by atoms with Gasteiger partial charge in [-0.05, 0) is 21.5 Å². The Morgan fingerprint density at radius 3 is 1.06 bits per heavy atom. The molecule has 0 spiro atoms. The van der Waals surface area contributed by atoms with Gasteiger partial charge in [0.05, 0.1) is 0 Å². The molecule has 0 aliphatic heterocycles. The number of benzene rings is 1. The van der Waals surface area contributed by atoms with Crippen LogP contribution in [0.3, 0.4) is 0 Å². The fourth-order valence-corrected chi connectivity index (χ4v) is 5.65. The molecule has 1 aromatic rings. The van der Waals surface area contributed by atoms with Crippen LogP contribution in [0.15, 0.2) is 24.3 Å². The molecule has 0 nitrogen and oxygen atoms in total. The molecule has 0 atom stereocenters. The fraction of sp³-hybridized carbons (Fsp3) is 0.500. The highest BCUT2D eigenvalue weighted by atomic mass is 35.7. The third kappa shape index (κ3) is 3.47. The molecule has 1 rings (SSSR count). The van der Waals surface area contributed by atoms with Gasteiger partial charge in [-0.3, -0.25) is 0 Å². The van der Waals surface area contributed by atoms with Crippen molar-refractivity contribution >= 4 is 68.1 Å². The minimum Gasteiger partial charge on any atom is -0.139 e. The van der Waals surface area contributed by atoms with Crippen molar-refractivity contribution in [3.63, 3.8) is 0 Å². The molecule has 0 N–H and O–H groups in total. The van der Waals surface area contributed by atoms with E-state index in [4.69, 9.17) is 44.3 Å². The van der Waals surface area contributed by atoms with Crippen molar-refractivity contribution in [2.75, 3.05) is 0 Å². The average molecular weight is 360 g/mol. The maximum atomic E-state index is 6.48. The Hall–Kier alpha value is 0.814. The van der Waals surface area contributed by atoms with E-state index >= 15 is 0 Å². The molecule has 0 unspecified atom stereocenters. The highest BCUT2D eigenvalue weighted by Gasteiger charge is 2.37. The Balaban J connectivity index is 3.08. The van der Waals surface area contributed by atoms with Gasteiger partial charge in [-0.1, -0.05) is 52.0 Å². The summed E-state index contributed by atoms with van der Waals surface area (Å²) in [6.45, 7) is 3.42. The monoisotopic (exact) mass is 358 g/mol. The highest BCUT2D eigenvalue weighted by Crippen LogP contribution is 2.30. The predicted molar refractivity (Wildman–Crippen MR) is 90.8 cm³/mol. The number of hydrogen-bond donors (Lipinski definition) is 0. The van der Waals surface area contributed by atoms with E-state index in [1.54, 1.807) is 0 Å². The lowest BCUT2D eigenvalue weighted by molar-refractivity contribution is 1.05. The quantitative estimate of drug-likeness (QED) is 0.537. The summed E-state index contributed by atoms with van der Waals surface area (Å²) >= 11 is 25.9. The summed E-state index contributed by atoms with van der Waals surface area (Å²) in [6.07, 6.45) is 0. The first-order valence-electron chi connectivity index (χ1n) is 5.96. The highest BCUT2D eigenvalue weighted by molar-refractivity contribution is 7.52. The van der Waals surface area contributed by atoms with E-state index in [9.17, 15) is 0 Å². The molecule has 6 heteroatoms. The first-order valence-corrected chi connectivity index (χ1v) is 14.2. The summed E-state index contributed by atoms with van der Waals surface area (Å²) in [5, 5.41) is 2.04. The molecule has 0 aromatic heterocycles. The third-order valence-corrected chi connectivity index (χ3v) is 16.1. The van der Waals surface area contributed by atoms with E-state index in [1.165, 1.54) is 0 Å². The van der Waals surface area contributed by atoms with Gasteiger partial charge in [0, 0.05) is 0 Å². The lowest BCUT2D eigenvalue weighted by Gasteiger charge is -2.24. The number of halogens is 4. The van der Waals surface area contributed by atoms with Crippen LogP contribution in [0.25, 0.3) is 0 Å². The fourth-order valence-electron chi connectivity index (χ4n) is 1.58. The van der Waals surface area contributed by atoms with Crippen LogP contribution in [0.2, 0.25) is 11.1 Å². The van der Waals surface area contributed by atoms with Crippen LogP contribution in [-0.4, -0.2) is 13.4 Å². The Morgan fingerprint density at radius 2 is 0.889 bits per heavy atom. The van der Waals surface area contributed by atoms with Crippen molar-refractivity contribution < 1.29 is 0 Å². The maximum Gasteiger partial charge on any atom is 0.283 e. The van der Waals surface area contributed by atoms with Gasteiger partial charge in [-0.2, -0.15) is 0 Å². The molecule has 1 aromatic carbocycles. The van der Waals surface area contributed by atoms with Gasteiger partial charge in [0.25, 0.3) is 13.4 Å². The summed E-state index contributed by atoms with van der Waals surface area (Å²) < 4.78 is 0. The van der Waals surface area contributed by atoms with Crippen molar-refractivity contribution in [3.05, 3.63) is 24.3 Å². The molecular formula is C12H18Cl4Si2. The first-order chi connectivity index (χ1) is 8.10. The first kappa shape index (κ1) is 16.9. The molecule has 0 aliphatic carbocycles. The van der Waals surface area contributed by atoms with Crippen LogP contribution in [-0.2, 0) is 0 Å². The van der Waals surface area contributed by atoms with Gasteiger partial charge >= 0.3 is 0 Å². The molecule has 0 fully saturated rings. The standard InChI is InChI=1S/C12H18Cl4Si2/c1-9(2)17(13,14)11-5-7-12(8-6-11)18(15,16)10(3)4/h5-10H,1-4H3. The summed E-state index contributed by atoms with van der Waals surface area (Å²) in [6, 6.07) is 7.93. The van der Waals surface area contributed by atoms with Crippen molar-refractivity contribution in [1.82, 2.24) is 0 Å². The average Bonchev–Trinajstić information content (AvgIpc) is 2.28. The molecule has 0 amide bonds. The lowest BCUT2D eigenvalue weighted by atomic mass is 10.4. The van der Waals surface area contributed by atoms with Gasteiger partial charge in [-0.25, -0.2) is 0 Å². The Kier molecular flexibility index (Phi) is 5.68. The van der Waals surface area contributed by atoms with E-state index < -0.39 is 13.4 Å². The molecule has 0 bridgehead atoms. The molecular weight excluding hydrogens is 342 g/mol. The number of rotatable bonds is 4. The smallest absolute Gasteiger partial charge is 0.139 e. The van der Waals surface area contributed by atoms with E-state index in [2.05, 4.69) is 27.7 Å². The van der Waals surface area contributed by atoms with E-state index in [-0.39, 0.29) is 11.1 Å². The molecule has 102 valence electrons. The second-order valence-corrected chi connectivity index (χ2v) is 19.4. The lowest BCUT2D eigenvalue weighted by Crippen LogP contribution is -2.43. The molecule has 0 aliphatic rings. The zero-order valence-corrected chi connectivity index (χ0v) is 16.0. The zero-order chi connectivity index (χ0) is 14.1. The molecule has 0 saturated carbocycles. The second-order valence-electron chi connectivity index (χ2n) is 5.13. The van der Waals surface area contributed by atoms with Crippen LogP contribution in [0.5, 0.6) is 0 Å². The van der Waals surface area contributed by atoms with E-state index in [0.717, 1.165) is 10.4 Å². The van der Waals surface area contributed by atoms with Crippen LogP contribution < -0.4 is 10.4 Å². The zero-order valence-electron chi connectivity index (χ0n) is 11.0. The van der Waals surface area contributed by atoms with Crippen LogP contribution in [0.4, 0.5) is 0 Å². The largest absolute Gasteiger partial charge is 0.283 e. The maximum absolute atomic E-state index is 6.48. The summed E-state index contributed by atoms with van der Waals surface area (Å²) in [7, 11) is 0. The molecule has 0 saturated heterocycles. The van der Waals surface area contributed by atoms with Crippen molar-refractivity contribution in [3.8, 4) is 0 Å². The van der Waals surface area contributed by atoms with E-state index in [1.807, 2.05) is 24.3 Å². The van der Waals surface area contributed by atoms with Gasteiger partial charge in [0.2, 0.25) is 0 Å². The normalized spacial score (nSPS) is 13.4. The summed E-state index contributed by atoms with van der Waals surface area (Å²) in [4.78, 5) is 0.